The smallest absolute Gasteiger partial charge is 0.258 e. The topological polar surface area (TPSA) is 119 Å². The van der Waals surface area contributed by atoms with Crippen molar-refractivity contribution in [3.63, 3.8) is 0 Å². The van der Waals surface area contributed by atoms with Gasteiger partial charge in [0.05, 0.1) is 11.3 Å². The molecular formula is C25H22N4O5S. The molecule has 0 saturated heterocycles. The number of ether oxygens (including phenoxy) is 2. The lowest BCUT2D eigenvalue weighted by Crippen LogP contribution is -2.16. The Morgan fingerprint density at radius 1 is 0.886 bits per heavy atom. The van der Waals surface area contributed by atoms with Crippen LogP contribution in [-0.2, 0) is 9.59 Å². The standard InChI is InChI=1S/C25H22N4O5S/c30-22(27-18-9-10-20-21(12-18)34-14-33-20)13-35-25-19(2-1-11-26-25)24(32)29-17-7-5-16(6-8-17)28-23(31)15-3-4-15/h1-2,5-12,15H,3-4,13-14H2,(H,27,30)(H,28,31)(H,29,32). The van der Waals surface area contributed by atoms with E-state index in [0.29, 0.717) is 39.2 Å². The van der Waals surface area contributed by atoms with Gasteiger partial charge in [0.2, 0.25) is 18.6 Å². The monoisotopic (exact) mass is 490 g/mol. The average Bonchev–Trinajstić information content (AvgIpc) is 3.62. The normalized spacial score (nSPS) is 13.7. The van der Waals surface area contributed by atoms with Gasteiger partial charge < -0.3 is 25.4 Å². The number of carbonyl (C=O) groups is 3. The molecule has 3 N–H and O–H groups in total. The van der Waals surface area contributed by atoms with Crippen LogP contribution in [0.4, 0.5) is 17.1 Å². The number of pyridine rings is 1. The molecule has 10 heteroatoms. The fraction of sp³-hybridized carbons (Fsp3) is 0.200. The predicted octanol–water partition coefficient (Wildman–Crippen LogP) is 4.14. The molecule has 1 fully saturated rings. The summed E-state index contributed by atoms with van der Waals surface area (Å²) in [5.74, 6) is 0.857. The number of amides is 3. The number of carbonyl (C=O) groups excluding carboxylic acids is 3. The van der Waals surface area contributed by atoms with Crippen LogP contribution in [0.2, 0.25) is 0 Å². The summed E-state index contributed by atoms with van der Waals surface area (Å²) in [7, 11) is 0. The zero-order valence-electron chi connectivity index (χ0n) is 18.6. The molecule has 2 aromatic carbocycles. The number of hydrogen-bond donors (Lipinski definition) is 3. The quantitative estimate of drug-likeness (QED) is 0.406. The predicted molar refractivity (Wildman–Crippen MR) is 132 cm³/mol. The van der Waals surface area contributed by atoms with Gasteiger partial charge in [-0.1, -0.05) is 11.8 Å². The summed E-state index contributed by atoms with van der Waals surface area (Å²) < 4.78 is 10.6. The fourth-order valence-corrected chi connectivity index (χ4v) is 4.20. The second kappa shape index (κ2) is 10.1. The lowest BCUT2D eigenvalue weighted by atomic mass is 10.2. The Hall–Kier alpha value is -4.05. The van der Waals surface area contributed by atoms with Crippen LogP contribution in [0.3, 0.4) is 0 Å². The minimum atomic E-state index is -0.341. The van der Waals surface area contributed by atoms with Crippen molar-refractivity contribution >= 4 is 46.5 Å². The van der Waals surface area contributed by atoms with Gasteiger partial charge in [-0.3, -0.25) is 14.4 Å². The highest BCUT2D eigenvalue weighted by molar-refractivity contribution is 8.00. The molecule has 1 aliphatic carbocycles. The number of thioether (sulfide) groups is 1. The van der Waals surface area contributed by atoms with E-state index in [2.05, 4.69) is 20.9 Å². The Bertz CT molecular complexity index is 1280. The first kappa shape index (κ1) is 22.7. The Morgan fingerprint density at radius 2 is 1.60 bits per heavy atom. The third kappa shape index (κ3) is 5.72. The zero-order valence-corrected chi connectivity index (χ0v) is 19.4. The number of nitrogens with zero attached hydrogens (tertiary/aromatic N) is 1. The lowest BCUT2D eigenvalue weighted by Gasteiger charge is -2.10. The molecule has 35 heavy (non-hydrogen) atoms. The van der Waals surface area contributed by atoms with Gasteiger partial charge in [-0.05, 0) is 61.4 Å². The van der Waals surface area contributed by atoms with Gasteiger partial charge in [0.15, 0.2) is 11.5 Å². The number of anilines is 3. The van der Waals surface area contributed by atoms with Gasteiger partial charge >= 0.3 is 0 Å². The van der Waals surface area contributed by atoms with Crippen LogP contribution in [-0.4, -0.2) is 35.3 Å². The van der Waals surface area contributed by atoms with E-state index in [9.17, 15) is 14.4 Å². The van der Waals surface area contributed by atoms with Crippen molar-refractivity contribution in [2.75, 3.05) is 28.5 Å². The van der Waals surface area contributed by atoms with Crippen LogP contribution in [0.15, 0.2) is 65.8 Å². The maximum Gasteiger partial charge on any atom is 0.258 e. The fourth-order valence-electron chi connectivity index (χ4n) is 3.41. The van der Waals surface area contributed by atoms with Crippen molar-refractivity contribution in [1.82, 2.24) is 4.98 Å². The first-order valence-corrected chi connectivity index (χ1v) is 12.0. The molecule has 2 aliphatic rings. The summed E-state index contributed by atoms with van der Waals surface area (Å²) in [6.07, 6.45) is 3.45. The molecule has 3 amide bonds. The summed E-state index contributed by atoms with van der Waals surface area (Å²) in [6.45, 7) is 0.161. The number of fused-ring (bicyclic) bond motifs is 1. The van der Waals surface area contributed by atoms with E-state index in [0.717, 1.165) is 12.8 Å². The highest BCUT2D eigenvalue weighted by Gasteiger charge is 2.29. The van der Waals surface area contributed by atoms with E-state index in [-0.39, 0.29) is 36.2 Å². The summed E-state index contributed by atoms with van der Waals surface area (Å²) in [5, 5.41) is 8.95. The molecule has 1 aliphatic heterocycles. The second-order valence-electron chi connectivity index (χ2n) is 8.06. The molecule has 178 valence electrons. The molecule has 3 aromatic rings. The van der Waals surface area contributed by atoms with Crippen molar-refractivity contribution in [1.29, 1.82) is 0 Å². The van der Waals surface area contributed by atoms with Crippen LogP contribution in [0.5, 0.6) is 11.5 Å². The first-order chi connectivity index (χ1) is 17.0. The van der Waals surface area contributed by atoms with Crippen molar-refractivity contribution in [3.8, 4) is 11.5 Å². The van der Waals surface area contributed by atoms with Crippen molar-refractivity contribution in [2.24, 2.45) is 5.92 Å². The van der Waals surface area contributed by atoms with Crippen LogP contribution >= 0.6 is 11.8 Å². The number of hydrogen-bond acceptors (Lipinski definition) is 7. The molecule has 9 nitrogen and oxygen atoms in total. The largest absolute Gasteiger partial charge is 0.454 e. The Morgan fingerprint density at radius 3 is 2.37 bits per heavy atom. The van der Waals surface area contributed by atoms with Gasteiger partial charge in [-0.2, -0.15) is 0 Å². The number of nitrogens with one attached hydrogen (secondary N) is 3. The van der Waals surface area contributed by atoms with Gasteiger partial charge in [0.25, 0.3) is 5.91 Å². The van der Waals surface area contributed by atoms with Gasteiger partial charge in [-0.25, -0.2) is 4.98 Å². The summed E-state index contributed by atoms with van der Waals surface area (Å²) in [6, 6.07) is 15.4. The van der Waals surface area contributed by atoms with E-state index >= 15 is 0 Å². The zero-order chi connectivity index (χ0) is 24.2. The second-order valence-corrected chi connectivity index (χ2v) is 9.02. The molecule has 0 unspecified atom stereocenters. The molecule has 1 saturated carbocycles. The molecule has 1 aromatic heterocycles. The maximum atomic E-state index is 12.9. The van der Waals surface area contributed by atoms with Gasteiger partial charge in [0, 0.05) is 35.2 Å². The minimum absolute atomic E-state index is 0.0290. The molecule has 0 atom stereocenters. The highest BCUT2D eigenvalue weighted by atomic mass is 32.2. The molecule has 0 spiro atoms. The van der Waals surface area contributed by atoms with E-state index < -0.39 is 0 Å². The van der Waals surface area contributed by atoms with E-state index in [1.165, 1.54) is 11.8 Å². The van der Waals surface area contributed by atoms with Crippen LogP contribution in [0.1, 0.15) is 23.2 Å². The van der Waals surface area contributed by atoms with E-state index in [4.69, 9.17) is 9.47 Å². The van der Waals surface area contributed by atoms with Crippen LogP contribution < -0.4 is 25.4 Å². The summed E-state index contributed by atoms with van der Waals surface area (Å²) in [5.41, 5.74) is 2.22. The Balaban J connectivity index is 1.17. The highest BCUT2D eigenvalue weighted by Crippen LogP contribution is 2.34. The molecule has 0 radical (unpaired) electrons. The molecule has 0 bridgehead atoms. The van der Waals surface area contributed by atoms with Crippen molar-refractivity contribution < 1.29 is 23.9 Å². The van der Waals surface area contributed by atoms with Gasteiger partial charge in [-0.15, -0.1) is 0 Å². The summed E-state index contributed by atoms with van der Waals surface area (Å²) >= 11 is 1.17. The third-order valence-electron chi connectivity index (χ3n) is 5.37. The van der Waals surface area contributed by atoms with E-state index in [1.807, 2.05) is 0 Å². The van der Waals surface area contributed by atoms with Crippen LogP contribution in [0, 0.1) is 5.92 Å². The van der Waals surface area contributed by atoms with E-state index in [1.54, 1.807) is 60.8 Å². The third-order valence-corrected chi connectivity index (χ3v) is 6.38. The maximum absolute atomic E-state index is 12.9. The van der Waals surface area contributed by atoms with Crippen LogP contribution in [0.25, 0.3) is 0 Å². The van der Waals surface area contributed by atoms with Gasteiger partial charge in [0.1, 0.15) is 5.03 Å². The number of benzene rings is 2. The minimum Gasteiger partial charge on any atom is -0.454 e. The molecular weight excluding hydrogens is 468 g/mol. The Kier molecular flexibility index (Phi) is 6.53. The van der Waals surface area contributed by atoms with Crippen molar-refractivity contribution in [2.45, 2.75) is 17.9 Å². The number of rotatable bonds is 8. The molecule has 2 heterocycles. The number of aromatic nitrogens is 1. The average molecular weight is 491 g/mol. The SMILES string of the molecule is O=C(CSc1ncccc1C(=O)Nc1ccc(NC(=O)C2CC2)cc1)Nc1ccc2c(c1)OCO2. The lowest BCUT2D eigenvalue weighted by molar-refractivity contribution is -0.117. The van der Waals surface area contributed by atoms with Crippen molar-refractivity contribution in [3.05, 3.63) is 66.4 Å². The molecule has 5 rings (SSSR count). The summed E-state index contributed by atoms with van der Waals surface area (Å²) in [4.78, 5) is 41.5. The first-order valence-electron chi connectivity index (χ1n) is 11.0. The Labute approximate surface area is 205 Å².